The Hall–Kier alpha value is -1.67. The molecule has 2 saturated heterocycles. The first kappa shape index (κ1) is 23.6. The van der Waals surface area contributed by atoms with Crippen LogP contribution in [0.2, 0.25) is 0 Å². The van der Waals surface area contributed by atoms with Crippen LogP contribution in [0.25, 0.3) is 0 Å². The van der Waals surface area contributed by atoms with Crippen LogP contribution in [0.15, 0.2) is 35.7 Å². The predicted molar refractivity (Wildman–Crippen MR) is 119 cm³/mol. The summed E-state index contributed by atoms with van der Waals surface area (Å²) in [5.74, 6) is 0.122. The highest BCUT2D eigenvalue weighted by atomic mass is 35.5. The van der Waals surface area contributed by atoms with Gasteiger partial charge >= 0.3 is 0 Å². The summed E-state index contributed by atoms with van der Waals surface area (Å²) in [4.78, 5) is 33.5. The third-order valence-corrected chi connectivity index (χ3v) is 6.07. The molecule has 0 aliphatic carbocycles. The molecule has 3 heterocycles. The zero-order valence-electron chi connectivity index (χ0n) is 16.1. The van der Waals surface area contributed by atoms with Gasteiger partial charge in [0.2, 0.25) is 5.91 Å². The molecule has 2 aliphatic heterocycles. The highest BCUT2D eigenvalue weighted by molar-refractivity contribution is 7.09. The van der Waals surface area contributed by atoms with Crippen LogP contribution in [0.4, 0.5) is 0 Å². The Bertz CT molecular complexity index is 818. The number of hydrogen-bond acceptors (Lipinski definition) is 5. The van der Waals surface area contributed by atoms with Gasteiger partial charge in [-0.2, -0.15) is 0 Å². The van der Waals surface area contributed by atoms with Gasteiger partial charge in [0.15, 0.2) is 0 Å². The van der Waals surface area contributed by atoms with Gasteiger partial charge in [-0.3, -0.25) is 9.59 Å². The monoisotopic (exact) mass is 456 g/mol. The lowest BCUT2D eigenvalue weighted by molar-refractivity contribution is -0.135. The maximum absolute atomic E-state index is 12.9. The highest BCUT2D eigenvalue weighted by Gasteiger charge is 2.32. The first-order chi connectivity index (χ1) is 13.2. The molecule has 1 atom stereocenters. The Morgan fingerprint density at radius 2 is 2.00 bits per heavy atom. The van der Waals surface area contributed by atoms with Gasteiger partial charge in [-0.15, -0.1) is 36.2 Å². The molecule has 6 nitrogen and oxygen atoms in total. The number of carbonyl (C=O) groups excluding carboxylic acids is 2. The highest BCUT2D eigenvalue weighted by Crippen LogP contribution is 2.21. The van der Waals surface area contributed by atoms with Crippen LogP contribution in [0.5, 0.6) is 0 Å². The van der Waals surface area contributed by atoms with E-state index >= 15 is 0 Å². The van der Waals surface area contributed by atoms with E-state index in [9.17, 15) is 9.59 Å². The first-order valence-electron chi connectivity index (χ1n) is 9.48. The summed E-state index contributed by atoms with van der Waals surface area (Å²) in [7, 11) is 0. The number of aromatic nitrogens is 1. The number of halogens is 2. The fourth-order valence-electron chi connectivity index (χ4n) is 3.82. The van der Waals surface area contributed by atoms with Crippen LogP contribution in [0.3, 0.4) is 0 Å². The number of carbonyl (C=O) groups is 2. The fourth-order valence-corrected chi connectivity index (χ4v) is 4.63. The molecule has 4 rings (SSSR count). The van der Waals surface area contributed by atoms with Crippen LogP contribution in [-0.2, 0) is 11.2 Å². The average molecular weight is 457 g/mol. The van der Waals surface area contributed by atoms with Crippen molar-refractivity contribution in [3.8, 4) is 0 Å². The standard InChI is InChI=1S/C20H24N4O2S.2ClH/c25-19-12-21-8-10-24(19)16-7-4-9-23(13-16)20(26)17-14-27-18(22-17)11-15-5-2-1-3-6-15;;/h1-3,5-6,14,16,21H,4,7-13H2;2*1H. The van der Waals surface area contributed by atoms with Gasteiger partial charge in [-0.1, -0.05) is 30.3 Å². The number of thiazole rings is 1. The third-order valence-electron chi connectivity index (χ3n) is 5.22. The van der Waals surface area contributed by atoms with Crippen LogP contribution in [0, 0.1) is 0 Å². The van der Waals surface area contributed by atoms with Crippen molar-refractivity contribution in [3.05, 3.63) is 52.0 Å². The lowest BCUT2D eigenvalue weighted by atomic mass is 10.0. The van der Waals surface area contributed by atoms with Gasteiger partial charge in [0, 0.05) is 44.0 Å². The Morgan fingerprint density at radius 3 is 2.76 bits per heavy atom. The second-order valence-electron chi connectivity index (χ2n) is 7.10. The Labute approximate surface area is 187 Å². The molecule has 1 aromatic heterocycles. The predicted octanol–water partition coefficient (Wildman–Crippen LogP) is 2.61. The minimum Gasteiger partial charge on any atom is -0.336 e. The van der Waals surface area contributed by atoms with Crippen LogP contribution >= 0.6 is 36.2 Å². The minimum atomic E-state index is -0.0159. The lowest BCUT2D eigenvalue weighted by Crippen LogP contribution is -2.57. The van der Waals surface area contributed by atoms with Gasteiger partial charge < -0.3 is 15.1 Å². The summed E-state index contributed by atoms with van der Waals surface area (Å²) in [6.45, 7) is 3.30. The van der Waals surface area contributed by atoms with Gasteiger partial charge in [-0.05, 0) is 18.4 Å². The molecule has 0 bridgehead atoms. The number of benzene rings is 1. The number of rotatable bonds is 4. The van der Waals surface area contributed by atoms with Gasteiger partial charge in [0.25, 0.3) is 5.91 Å². The zero-order valence-corrected chi connectivity index (χ0v) is 18.5. The second kappa shape index (κ2) is 10.9. The minimum absolute atomic E-state index is 0. The molecule has 1 unspecified atom stereocenters. The molecule has 2 aliphatic rings. The summed E-state index contributed by atoms with van der Waals surface area (Å²) in [5, 5.41) is 5.92. The number of likely N-dealkylation sites (tertiary alicyclic amines) is 1. The second-order valence-corrected chi connectivity index (χ2v) is 8.04. The maximum atomic E-state index is 12.9. The van der Waals surface area contributed by atoms with E-state index in [0.717, 1.165) is 43.9 Å². The summed E-state index contributed by atoms with van der Waals surface area (Å²) < 4.78 is 0. The van der Waals surface area contributed by atoms with E-state index in [1.165, 1.54) is 16.9 Å². The van der Waals surface area contributed by atoms with Crippen molar-refractivity contribution in [2.75, 3.05) is 32.7 Å². The summed E-state index contributed by atoms with van der Waals surface area (Å²) in [5.41, 5.74) is 1.72. The molecule has 2 amide bonds. The number of nitrogens with one attached hydrogen (secondary N) is 1. The van der Waals surface area contributed by atoms with Crippen molar-refractivity contribution < 1.29 is 9.59 Å². The SMILES string of the molecule is Cl.Cl.O=C(c1csc(Cc2ccccc2)n1)N1CCCC(N2CCNCC2=O)C1. The van der Waals surface area contributed by atoms with E-state index < -0.39 is 0 Å². The summed E-state index contributed by atoms with van der Waals surface area (Å²) in [6.07, 6.45) is 2.64. The Kier molecular flexibility index (Phi) is 8.89. The summed E-state index contributed by atoms with van der Waals surface area (Å²) in [6, 6.07) is 10.3. The van der Waals surface area contributed by atoms with E-state index in [1.54, 1.807) is 0 Å². The van der Waals surface area contributed by atoms with Gasteiger partial charge in [-0.25, -0.2) is 4.98 Å². The molecule has 2 aromatic rings. The van der Waals surface area contributed by atoms with Crippen molar-refractivity contribution in [2.24, 2.45) is 0 Å². The molecule has 9 heteroatoms. The van der Waals surface area contributed by atoms with Crippen LogP contribution < -0.4 is 5.32 Å². The van der Waals surface area contributed by atoms with Crippen molar-refractivity contribution in [3.63, 3.8) is 0 Å². The quantitative estimate of drug-likeness (QED) is 0.767. The normalized spacial score (nSPS) is 19.3. The van der Waals surface area contributed by atoms with Crippen LogP contribution in [-0.4, -0.2) is 65.4 Å². The molecule has 1 N–H and O–H groups in total. The number of amides is 2. The number of hydrogen-bond donors (Lipinski definition) is 1. The van der Waals surface area contributed by atoms with E-state index in [1.807, 2.05) is 33.4 Å². The van der Waals surface area contributed by atoms with E-state index in [0.29, 0.717) is 18.8 Å². The fraction of sp³-hybridized carbons (Fsp3) is 0.450. The Balaban J connectivity index is 0.00000150. The smallest absolute Gasteiger partial charge is 0.273 e. The number of piperidine rings is 1. The summed E-state index contributed by atoms with van der Waals surface area (Å²) >= 11 is 1.53. The first-order valence-corrected chi connectivity index (χ1v) is 10.4. The molecule has 29 heavy (non-hydrogen) atoms. The number of piperazine rings is 1. The molecule has 0 spiro atoms. The number of nitrogens with zero attached hydrogens (tertiary/aromatic N) is 3. The van der Waals surface area contributed by atoms with Crippen molar-refractivity contribution in [1.29, 1.82) is 0 Å². The lowest BCUT2D eigenvalue weighted by Gasteiger charge is -2.40. The van der Waals surface area contributed by atoms with Crippen molar-refractivity contribution in [2.45, 2.75) is 25.3 Å². The molecule has 158 valence electrons. The Morgan fingerprint density at radius 1 is 1.21 bits per heavy atom. The molecular weight excluding hydrogens is 431 g/mol. The van der Waals surface area contributed by atoms with Crippen molar-refractivity contribution in [1.82, 2.24) is 20.1 Å². The molecule has 0 saturated carbocycles. The average Bonchev–Trinajstić information content (AvgIpc) is 3.17. The molecule has 1 aromatic carbocycles. The zero-order chi connectivity index (χ0) is 18.6. The van der Waals surface area contributed by atoms with Gasteiger partial charge in [0.05, 0.1) is 11.6 Å². The van der Waals surface area contributed by atoms with Gasteiger partial charge in [0.1, 0.15) is 5.69 Å². The van der Waals surface area contributed by atoms with Crippen molar-refractivity contribution >= 4 is 48.0 Å². The largest absolute Gasteiger partial charge is 0.336 e. The third kappa shape index (κ3) is 5.69. The maximum Gasteiger partial charge on any atom is 0.273 e. The molecule has 2 fully saturated rings. The molecular formula is C20H26Cl2N4O2S. The van der Waals surface area contributed by atoms with E-state index in [4.69, 9.17) is 0 Å². The van der Waals surface area contributed by atoms with E-state index in [-0.39, 0.29) is 42.7 Å². The van der Waals surface area contributed by atoms with Crippen LogP contribution in [0.1, 0.15) is 33.9 Å². The molecule has 0 radical (unpaired) electrons. The topological polar surface area (TPSA) is 65.5 Å². The van der Waals surface area contributed by atoms with E-state index in [2.05, 4.69) is 22.4 Å².